The van der Waals surface area contributed by atoms with E-state index < -0.39 is 0 Å². The Morgan fingerprint density at radius 3 is 2.74 bits per heavy atom. The Labute approximate surface area is 112 Å². The van der Waals surface area contributed by atoms with E-state index in [-0.39, 0.29) is 5.82 Å². The third-order valence-electron chi connectivity index (χ3n) is 3.14. The molecule has 0 atom stereocenters. The maximum absolute atomic E-state index is 13.5. The first kappa shape index (κ1) is 13.4. The molecule has 2 aromatic rings. The summed E-state index contributed by atoms with van der Waals surface area (Å²) in [5, 5.41) is 7.55. The summed E-state index contributed by atoms with van der Waals surface area (Å²) in [4.78, 5) is 0. The maximum Gasteiger partial charge on any atom is 0.147 e. The zero-order chi connectivity index (χ0) is 13.8. The van der Waals surface area contributed by atoms with E-state index in [1.54, 1.807) is 16.8 Å². The van der Waals surface area contributed by atoms with Gasteiger partial charge < -0.3 is 11.1 Å². The average Bonchev–Trinajstić information content (AvgIpc) is 2.68. The number of halogens is 1. The summed E-state index contributed by atoms with van der Waals surface area (Å²) >= 11 is 0. The highest BCUT2D eigenvalue weighted by molar-refractivity contribution is 5.65. The van der Waals surface area contributed by atoms with Crippen molar-refractivity contribution in [3.63, 3.8) is 0 Å². The van der Waals surface area contributed by atoms with E-state index in [0.717, 1.165) is 17.9 Å². The molecule has 1 aromatic heterocycles. The Kier molecular flexibility index (Phi) is 4.04. The molecule has 0 saturated heterocycles. The smallest absolute Gasteiger partial charge is 0.147 e. The molecule has 3 N–H and O–H groups in total. The van der Waals surface area contributed by atoms with Gasteiger partial charge in [-0.3, -0.25) is 4.68 Å². The van der Waals surface area contributed by atoms with Gasteiger partial charge in [0.2, 0.25) is 0 Å². The third kappa shape index (κ3) is 2.86. The molecule has 1 aromatic carbocycles. The van der Waals surface area contributed by atoms with Gasteiger partial charge in [-0.2, -0.15) is 5.10 Å². The number of benzene rings is 1. The third-order valence-corrected chi connectivity index (χ3v) is 3.14. The molecule has 0 spiro atoms. The van der Waals surface area contributed by atoms with E-state index in [1.165, 1.54) is 6.07 Å². The molecule has 4 nitrogen and oxygen atoms in total. The molecular formula is C14H19FN4. The van der Waals surface area contributed by atoms with Crippen molar-refractivity contribution in [2.24, 2.45) is 7.05 Å². The molecule has 0 bridgehead atoms. The number of nitrogens with two attached hydrogens (primary N) is 1. The van der Waals surface area contributed by atoms with E-state index >= 15 is 0 Å². The van der Waals surface area contributed by atoms with Gasteiger partial charge in [0, 0.05) is 13.6 Å². The van der Waals surface area contributed by atoms with Gasteiger partial charge in [-0.25, -0.2) is 4.39 Å². The van der Waals surface area contributed by atoms with Crippen LogP contribution in [0.4, 0.5) is 15.9 Å². The summed E-state index contributed by atoms with van der Waals surface area (Å²) in [7, 11) is 1.85. The molecule has 0 aliphatic heterocycles. The first-order valence-electron chi connectivity index (χ1n) is 6.42. The monoisotopic (exact) mass is 262 g/mol. The van der Waals surface area contributed by atoms with E-state index in [0.29, 0.717) is 24.2 Å². The van der Waals surface area contributed by atoms with Crippen molar-refractivity contribution in [1.82, 2.24) is 9.78 Å². The molecule has 19 heavy (non-hydrogen) atoms. The quantitative estimate of drug-likeness (QED) is 0.869. The number of rotatable bonds is 5. The van der Waals surface area contributed by atoms with Gasteiger partial charge in [-0.15, -0.1) is 0 Å². The van der Waals surface area contributed by atoms with E-state index in [1.807, 2.05) is 20.0 Å². The van der Waals surface area contributed by atoms with Crippen molar-refractivity contribution in [2.45, 2.75) is 19.8 Å². The van der Waals surface area contributed by atoms with E-state index in [4.69, 9.17) is 5.73 Å². The van der Waals surface area contributed by atoms with Crippen LogP contribution in [-0.2, 0) is 19.9 Å². The van der Waals surface area contributed by atoms with Gasteiger partial charge in [0.25, 0.3) is 0 Å². The summed E-state index contributed by atoms with van der Waals surface area (Å²) in [6.07, 6.45) is 1.41. The van der Waals surface area contributed by atoms with Crippen molar-refractivity contribution < 1.29 is 4.39 Å². The van der Waals surface area contributed by atoms with Gasteiger partial charge in [0.1, 0.15) is 11.6 Å². The van der Waals surface area contributed by atoms with Crippen molar-refractivity contribution >= 4 is 11.5 Å². The SMILES string of the molecule is CCc1nn(C)c(NCCc2ccccc2F)c1N. The summed E-state index contributed by atoms with van der Waals surface area (Å²) < 4.78 is 15.2. The molecular weight excluding hydrogens is 243 g/mol. The first-order valence-corrected chi connectivity index (χ1v) is 6.42. The predicted octanol–water partition coefficient (Wildman–Crippen LogP) is 2.36. The van der Waals surface area contributed by atoms with E-state index in [9.17, 15) is 4.39 Å². The number of aromatic nitrogens is 2. The van der Waals surface area contributed by atoms with Crippen LogP contribution in [0, 0.1) is 5.82 Å². The molecule has 2 rings (SSSR count). The van der Waals surface area contributed by atoms with Crippen molar-refractivity contribution in [3.8, 4) is 0 Å². The van der Waals surface area contributed by atoms with Gasteiger partial charge in [-0.05, 0) is 24.5 Å². The largest absolute Gasteiger partial charge is 0.394 e. The predicted molar refractivity (Wildman–Crippen MR) is 75.6 cm³/mol. The number of nitrogens with one attached hydrogen (secondary N) is 1. The minimum absolute atomic E-state index is 0.170. The van der Waals surface area contributed by atoms with Crippen LogP contribution >= 0.6 is 0 Å². The first-order chi connectivity index (χ1) is 9.13. The Hall–Kier alpha value is -2.04. The minimum atomic E-state index is -0.170. The summed E-state index contributed by atoms with van der Waals surface area (Å²) in [6.45, 7) is 2.63. The normalized spacial score (nSPS) is 10.7. The lowest BCUT2D eigenvalue weighted by atomic mass is 10.1. The zero-order valence-corrected chi connectivity index (χ0v) is 11.3. The van der Waals surface area contributed by atoms with Crippen LogP contribution in [0.15, 0.2) is 24.3 Å². The fraction of sp³-hybridized carbons (Fsp3) is 0.357. The lowest BCUT2D eigenvalue weighted by molar-refractivity contribution is 0.610. The van der Waals surface area contributed by atoms with Crippen LogP contribution in [0.1, 0.15) is 18.2 Å². The second-order valence-electron chi connectivity index (χ2n) is 4.45. The molecule has 0 unspecified atom stereocenters. The van der Waals surface area contributed by atoms with Crippen LogP contribution in [-0.4, -0.2) is 16.3 Å². The Balaban J connectivity index is 2.00. The second kappa shape index (κ2) is 5.73. The van der Waals surface area contributed by atoms with Gasteiger partial charge in [0.05, 0.1) is 11.4 Å². The van der Waals surface area contributed by atoms with Crippen molar-refractivity contribution in [1.29, 1.82) is 0 Å². The second-order valence-corrected chi connectivity index (χ2v) is 4.45. The minimum Gasteiger partial charge on any atom is -0.394 e. The Morgan fingerprint density at radius 1 is 1.37 bits per heavy atom. The molecule has 0 saturated carbocycles. The number of anilines is 2. The summed E-state index contributed by atoms with van der Waals surface area (Å²) in [5.74, 6) is 0.629. The fourth-order valence-electron chi connectivity index (χ4n) is 2.08. The number of hydrogen-bond acceptors (Lipinski definition) is 3. The van der Waals surface area contributed by atoms with Crippen molar-refractivity contribution in [2.75, 3.05) is 17.6 Å². The number of hydrogen-bond donors (Lipinski definition) is 2. The van der Waals surface area contributed by atoms with Gasteiger partial charge in [-0.1, -0.05) is 25.1 Å². The molecule has 0 radical (unpaired) electrons. The zero-order valence-electron chi connectivity index (χ0n) is 11.3. The maximum atomic E-state index is 13.5. The summed E-state index contributed by atoms with van der Waals surface area (Å²) in [5.41, 5.74) is 8.27. The highest BCUT2D eigenvalue weighted by Gasteiger charge is 2.11. The van der Waals surface area contributed by atoms with Gasteiger partial charge in [0.15, 0.2) is 0 Å². The van der Waals surface area contributed by atoms with Crippen LogP contribution in [0.2, 0.25) is 0 Å². The number of nitrogen functional groups attached to an aromatic ring is 1. The Morgan fingerprint density at radius 2 is 2.11 bits per heavy atom. The Bertz CT molecular complexity index is 563. The summed E-state index contributed by atoms with van der Waals surface area (Å²) in [6, 6.07) is 6.80. The standard InChI is InChI=1S/C14H19FN4/c1-3-12-13(16)14(19(2)18-12)17-9-8-10-6-4-5-7-11(10)15/h4-7,17H,3,8-9,16H2,1-2H3. The van der Waals surface area contributed by atoms with Crippen LogP contribution in [0.5, 0.6) is 0 Å². The molecule has 0 fully saturated rings. The number of aryl methyl sites for hydroxylation is 2. The lowest BCUT2D eigenvalue weighted by Gasteiger charge is -2.08. The number of nitrogens with zero attached hydrogens (tertiary/aromatic N) is 2. The average molecular weight is 262 g/mol. The molecule has 0 aliphatic rings. The molecule has 1 heterocycles. The van der Waals surface area contributed by atoms with Crippen LogP contribution < -0.4 is 11.1 Å². The lowest BCUT2D eigenvalue weighted by Crippen LogP contribution is -2.10. The fourth-order valence-corrected chi connectivity index (χ4v) is 2.08. The van der Waals surface area contributed by atoms with Crippen molar-refractivity contribution in [3.05, 3.63) is 41.3 Å². The highest BCUT2D eigenvalue weighted by atomic mass is 19.1. The molecule has 102 valence electrons. The molecule has 0 amide bonds. The molecule has 0 aliphatic carbocycles. The van der Waals surface area contributed by atoms with E-state index in [2.05, 4.69) is 10.4 Å². The topological polar surface area (TPSA) is 55.9 Å². The van der Waals surface area contributed by atoms with Crippen LogP contribution in [0.25, 0.3) is 0 Å². The highest BCUT2D eigenvalue weighted by Crippen LogP contribution is 2.22. The molecule has 5 heteroatoms. The van der Waals surface area contributed by atoms with Crippen LogP contribution in [0.3, 0.4) is 0 Å². The van der Waals surface area contributed by atoms with Gasteiger partial charge >= 0.3 is 0 Å².